The molecule has 0 atom stereocenters. The molecule has 1 N–H and O–H groups in total. The molecular formula is C11H17ClN2. The van der Waals surface area contributed by atoms with Gasteiger partial charge in [0.25, 0.3) is 0 Å². The van der Waals surface area contributed by atoms with Crippen molar-refractivity contribution in [2.45, 2.75) is 19.3 Å². The number of aromatic nitrogens is 1. The van der Waals surface area contributed by atoms with Gasteiger partial charge in [0.1, 0.15) is 0 Å². The Morgan fingerprint density at radius 1 is 1.50 bits per heavy atom. The number of halogens is 1. The zero-order chi connectivity index (χ0) is 10.4. The van der Waals surface area contributed by atoms with Gasteiger partial charge in [-0.1, -0.05) is 19.9 Å². The number of rotatable bonds is 5. The van der Waals surface area contributed by atoms with E-state index in [1.165, 1.54) is 5.56 Å². The predicted octanol–water partition coefficient (Wildman–Crippen LogP) is 2.19. The van der Waals surface area contributed by atoms with E-state index in [9.17, 15) is 0 Å². The topological polar surface area (TPSA) is 24.9 Å². The highest BCUT2D eigenvalue weighted by Crippen LogP contribution is 2.20. The fourth-order valence-corrected chi connectivity index (χ4v) is 1.47. The Labute approximate surface area is 90.7 Å². The molecule has 14 heavy (non-hydrogen) atoms. The molecular weight excluding hydrogens is 196 g/mol. The smallest absolute Gasteiger partial charge is 0.0348 e. The van der Waals surface area contributed by atoms with Crippen LogP contribution in [-0.4, -0.2) is 24.0 Å². The van der Waals surface area contributed by atoms with Crippen LogP contribution in [0.15, 0.2) is 24.5 Å². The van der Waals surface area contributed by atoms with E-state index >= 15 is 0 Å². The van der Waals surface area contributed by atoms with Gasteiger partial charge in [-0.25, -0.2) is 0 Å². The highest BCUT2D eigenvalue weighted by molar-refractivity contribution is 6.18. The third-order valence-corrected chi connectivity index (χ3v) is 2.47. The molecule has 0 amide bonds. The highest BCUT2D eigenvalue weighted by Gasteiger charge is 2.19. The maximum Gasteiger partial charge on any atom is 0.0348 e. The lowest BCUT2D eigenvalue weighted by atomic mass is 9.86. The summed E-state index contributed by atoms with van der Waals surface area (Å²) in [5.41, 5.74) is 1.36. The summed E-state index contributed by atoms with van der Waals surface area (Å²) in [7, 11) is 0. The Balaban J connectivity index is 2.56. The molecule has 0 unspecified atom stereocenters. The number of nitrogens with zero attached hydrogens (tertiary/aromatic N) is 1. The first-order valence-corrected chi connectivity index (χ1v) is 5.37. The summed E-state index contributed by atoms with van der Waals surface area (Å²) in [5.74, 6) is 0.656. The van der Waals surface area contributed by atoms with Crippen molar-refractivity contribution in [3.63, 3.8) is 0 Å². The average Bonchev–Trinajstić information content (AvgIpc) is 2.19. The molecule has 0 fully saturated rings. The minimum absolute atomic E-state index is 0.111. The first kappa shape index (κ1) is 11.5. The van der Waals surface area contributed by atoms with Crippen LogP contribution >= 0.6 is 11.6 Å². The molecule has 2 nitrogen and oxygen atoms in total. The van der Waals surface area contributed by atoms with Gasteiger partial charge in [0.05, 0.1) is 0 Å². The van der Waals surface area contributed by atoms with Gasteiger partial charge in [0.2, 0.25) is 0 Å². The van der Waals surface area contributed by atoms with E-state index in [4.69, 9.17) is 11.6 Å². The molecule has 0 aromatic carbocycles. The molecule has 3 heteroatoms. The molecule has 0 aliphatic carbocycles. The lowest BCUT2D eigenvalue weighted by molar-refractivity contribution is 0.477. The fraction of sp³-hybridized carbons (Fsp3) is 0.545. The van der Waals surface area contributed by atoms with Crippen molar-refractivity contribution in [1.82, 2.24) is 10.3 Å². The molecule has 1 rings (SSSR count). The average molecular weight is 213 g/mol. The Kier molecular flexibility index (Phi) is 4.36. The molecule has 1 heterocycles. The van der Waals surface area contributed by atoms with Crippen LogP contribution < -0.4 is 5.32 Å². The van der Waals surface area contributed by atoms with E-state index < -0.39 is 0 Å². The standard InChI is InChI=1S/C11H17ClN2/c1-11(2,9-14-7-5-12)10-4-3-6-13-8-10/h3-4,6,8,14H,5,7,9H2,1-2H3. The molecule has 0 bridgehead atoms. The molecule has 0 saturated heterocycles. The SMILES string of the molecule is CC(C)(CNCCCl)c1cccnc1. The predicted molar refractivity (Wildman–Crippen MR) is 60.9 cm³/mol. The summed E-state index contributed by atoms with van der Waals surface area (Å²) < 4.78 is 0. The number of hydrogen-bond acceptors (Lipinski definition) is 2. The van der Waals surface area contributed by atoms with E-state index in [-0.39, 0.29) is 5.41 Å². The van der Waals surface area contributed by atoms with Crippen molar-refractivity contribution in [2.24, 2.45) is 0 Å². The molecule has 1 aromatic heterocycles. The van der Waals surface area contributed by atoms with Crippen LogP contribution in [0.3, 0.4) is 0 Å². The zero-order valence-electron chi connectivity index (χ0n) is 8.76. The third kappa shape index (κ3) is 3.28. The Morgan fingerprint density at radius 2 is 2.29 bits per heavy atom. The summed E-state index contributed by atoms with van der Waals surface area (Å²) in [5, 5.41) is 3.31. The summed E-state index contributed by atoms with van der Waals surface area (Å²) in [6.45, 7) is 6.17. The van der Waals surface area contributed by atoms with E-state index in [0.29, 0.717) is 5.88 Å². The van der Waals surface area contributed by atoms with E-state index in [1.54, 1.807) is 6.20 Å². The third-order valence-electron chi connectivity index (χ3n) is 2.28. The number of pyridine rings is 1. The normalized spacial score (nSPS) is 11.6. The molecule has 0 radical (unpaired) electrons. The summed E-state index contributed by atoms with van der Waals surface area (Å²) in [4.78, 5) is 4.13. The van der Waals surface area contributed by atoms with Gasteiger partial charge >= 0.3 is 0 Å². The van der Waals surface area contributed by atoms with Gasteiger partial charge in [0, 0.05) is 36.8 Å². The number of hydrogen-bond donors (Lipinski definition) is 1. The fourth-order valence-electron chi connectivity index (χ4n) is 1.33. The Bertz CT molecular complexity index is 259. The first-order valence-electron chi connectivity index (χ1n) is 4.84. The van der Waals surface area contributed by atoms with E-state index in [2.05, 4.69) is 30.2 Å². The second kappa shape index (κ2) is 5.32. The van der Waals surface area contributed by atoms with Crippen LogP contribution in [0.4, 0.5) is 0 Å². The lowest BCUT2D eigenvalue weighted by Crippen LogP contribution is -2.33. The summed E-state index contributed by atoms with van der Waals surface area (Å²) >= 11 is 5.60. The second-order valence-corrected chi connectivity index (χ2v) is 4.37. The summed E-state index contributed by atoms with van der Waals surface area (Å²) in [6, 6.07) is 4.08. The minimum Gasteiger partial charge on any atom is -0.315 e. The largest absolute Gasteiger partial charge is 0.315 e. The van der Waals surface area contributed by atoms with Crippen LogP contribution in [0, 0.1) is 0 Å². The zero-order valence-corrected chi connectivity index (χ0v) is 9.51. The van der Waals surface area contributed by atoms with Gasteiger partial charge in [0.15, 0.2) is 0 Å². The maximum atomic E-state index is 5.60. The van der Waals surface area contributed by atoms with Gasteiger partial charge in [-0.15, -0.1) is 11.6 Å². The van der Waals surface area contributed by atoms with E-state index in [0.717, 1.165) is 13.1 Å². The van der Waals surface area contributed by atoms with Crippen molar-refractivity contribution in [1.29, 1.82) is 0 Å². The Morgan fingerprint density at radius 3 is 2.86 bits per heavy atom. The molecule has 0 aliphatic heterocycles. The van der Waals surface area contributed by atoms with Crippen LogP contribution in [0.2, 0.25) is 0 Å². The van der Waals surface area contributed by atoms with Crippen molar-refractivity contribution in [3.8, 4) is 0 Å². The molecule has 0 saturated carbocycles. The second-order valence-electron chi connectivity index (χ2n) is 3.99. The minimum atomic E-state index is 0.111. The van der Waals surface area contributed by atoms with Crippen LogP contribution in [0.5, 0.6) is 0 Å². The first-order chi connectivity index (χ1) is 6.67. The highest BCUT2D eigenvalue weighted by atomic mass is 35.5. The molecule has 0 spiro atoms. The molecule has 1 aromatic rings. The van der Waals surface area contributed by atoms with Crippen molar-refractivity contribution < 1.29 is 0 Å². The van der Waals surface area contributed by atoms with Gasteiger partial charge in [-0.2, -0.15) is 0 Å². The van der Waals surface area contributed by atoms with Crippen LogP contribution in [0.1, 0.15) is 19.4 Å². The quantitative estimate of drug-likeness (QED) is 0.598. The number of alkyl halides is 1. The summed E-state index contributed by atoms with van der Waals surface area (Å²) in [6.07, 6.45) is 3.72. The van der Waals surface area contributed by atoms with E-state index in [1.807, 2.05) is 12.3 Å². The monoisotopic (exact) mass is 212 g/mol. The van der Waals surface area contributed by atoms with Gasteiger partial charge in [-0.3, -0.25) is 4.98 Å². The van der Waals surface area contributed by atoms with Gasteiger partial charge in [-0.05, 0) is 11.6 Å². The lowest BCUT2D eigenvalue weighted by Gasteiger charge is -2.25. The van der Waals surface area contributed by atoms with Gasteiger partial charge < -0.3 is 5.32 Å². The molecule has 0 aliphatic rings. The van der Waals surface area contributed by atoms with Crippen LogP contribution in [0.25, 0.3) is 0 Å². The maximum absolute atomic E-state index is 5.60. The Hall–Kier alpha value is -0.600. The van der Waals surface area contributed by atoms with Crippen molar-refractivity contribution >= 4 is 11.6 Å². The molecule has 78 valence electrons. The number of nitrogens with one attached hydrogen (secondary N) is 1. The van der Waals surface area contributed by atoms with Crippen molar-refractivity contribution in [3.05, 3.63) is 30.1 Å². The van der Waals surface area contributed by atoms with Crippen LogP contribution in [-0.2, 0) is 5.41 Å². The van der Waals surface area contributed by atoms with Crippen molar-refractivity contribution in [2.75, 3.05) is 19.0 Å².